The van der Waals surface area contributed by atoms with Gasteiger partial charge in [-0.25, -0.2) is 0 Å². The van der Waals surface area contributed by atoms with Crippen molar-refractivity contribution in [1.29, 1.82) is 0 Å². The number of nitro benzene ring substituents is 1. The normalized spacial score (nSPS) is 9.50. The molecule has 1 aromatic carbocycles. The Bertz CT molecular complexity index is 309. The Hall–Kier alpha value is -1.58. The molecule has 0 saturated heterocycles. The van der Waals surface area contributed by atoms with Gasteiger partial charge in [0.2, 0.25) is 0 Å². The van der Waals surface area contributed by atoms with Gasteiger partial charge in [0.05, 0.1) is 12.0 Å². The average molecular weight is 166 g/mol. The predicted molar refractivity (Wildman–Crippen MR) is 44.1 cm³/mol. The van der Waals surface area contributed by atoms with Crippen LogP contribution in [0.15, 0.2) is 18.2 Å². The maximum absolute atomic E-state index is 10.4. The minimum Gasteiger partial charge on any atom is -0.490 e. The van der Waals surface area contributed by atoms with Gasteiger partial charge in [-0.05, 0) is 6.92 Å². The first-order valence-corrected chi connectivity index (χ1v) is 3.30. The summed E-state index contributed by atoms with van der Waals surface area (Å²) >= 11 is 0. The number of hydrogen-bond acceptors (Lipinski definition) is 3. The average Bonchev–Trinajstić information content (AvgIpc) is 2.03. The molecular weight excluding hydrogens is 158 g/mol. The molecular formula is C8H8NO3. The molecule has 0 atom stereocenters. The van der Waals surface area contributed by atoms with Crippen molar-refractivity contribution in [3.8, 4) is 5.75 Å². The summed E-state index contributed by atoms with van der Waals surface area (Å²) in [5.74, 6) is 0.225. The fourth-order valence-corrected chi connectivity index (χ4v) is 0.951. The van der Waals surface area contributed by atoms with E-state index in [1.54, 1.807) is 12.1 Å². The highest BCUT2D eigenvalue weighted by Gasteiger charge is 2.14. The van der Waals surface area contributed by atoms with Gasteiger partial charge in [-0.15, -0.1) is 0 Å². The lowest BCUT2D eigenvalue weighted by atomic mass is 10.2. The summed E-state index contributed by atoms with van der Waals surface area (Å²) in [6.07, 6.45) is 0. The van der Waals surface area contributed by atoms with Gasteiger partial charge in [0.1, 0.15) is 0 Å². The molecule has 12 heavy (non-hydrogen) atoms. The Morgan fingerprint density at radius 2 is 2.25 bits per heavy atom. The van der Waals surface area contributed by atoms with Crippen molar-refractivity contribution in [1.82, 2.24) is 0 Å². The zero-order valence-electron chi connectivity index (χ0n) is 6.61. The summed E-state index contributed by atoms with van der Waals surface area (Å²) in [7, 11) is 1.39. The number of ether oxygens (including phenoxy) is 1. The summed E-state index contributed by atoms with van der Waals surface area (Å²) in [6.45, 7) is 3.60. The molecule has 0 aromatic heterocycles. The van der Waals surface area contributed by atoms with Crippen molar-refractivity contribution in [3.63, 3.8) is 0 Å². The monoisotopic (exact) mass is 166 g/mol. The lowest BCUT2D eigenvalue weighted by molar-refractivity contribution is -0.385. The number of rotatable bonds is 2. The largest absolute Gasteiger partial charge is 0.490 e. The Labute approximate surface area is 69.9 Å². The van der Waals surface area contributed by atoms with Gasteiger partial charge in [-0.3, -0.25) is 10.1 Å². The third-order valence-corrected chi connectivity index (χ3v) is 1.48. The van der Waals surface area contributed by atoms with Gasteiger partial charge in [-0.2, -0.15) is 0 Å². The third kappa shape index (κ3) is 1.37. The number of methoxy groups -OCH3 is 1. The summed E-state index contributed by atoms with van der Waals surface area (Å²) in [5.41, 5.74) is 0.469. The molecule has 0 bridgehead atoms. The standard InChI is InChI=1S/C8H8NO3/c1-6-4-3-5-7(9(10)11)8(6)12-2/h3-5H,1H2,2H3. The van der Waals surface area contributed by atoms with Crippen LogP contribution in [0.2, 0.25) is 0 Å². The van der Waals surface area contributed by atoms with Crippen LogP contribution in [0.3, 0.4) is 0 Å². The van der Waals surface area contributed by atoms with Crippen molar-refractivity contribution in [2.24, 2.45) is 0 Å². The Balaban J connectivity index is 3.27. The predicted octanol–water partition coefficient (Wildman–Crippen LogP) is 1.79. The van der Waals surface area contributed by atoms with Crippen LogP contribution < -0.4 is 4.74 Å². The van der Waals surface area contributed by atoms with Crippen LogP contribution in [0.5, 0.6) is 5.75 Å². The molecule has 0 N–H and O–H groups in total. The summed E-state index contributed by atoms with van der Waals surface area (Å²) < 4.78 is 4.83. The SMILES string of the molecule is [CH2]c1cccc([N+](=O)[O-])c1OC. The van der Waals surface area contributed by atoms with Crippen LogP contribution in [0.25, 0.3) is 0 Å². The van der Waals surface area contributed by atoms with Crippen LogP contribution in [-0.4, -0.2) is 12.0 Å². The zero-order chi connectivity index (χ0) is 9.14. The third-order valence-electron chi connectivity index (χ3n) is 1.48. The molecule has 0 aliphatic carbocycles. The summed E-state index contributed by atoms with van der Waals surface area (Å²) in [6, 6.07) is 4.61. The van der Waals surface area contributed by atoms with Gasteiger partial charge < -0.3 is 4.74 Å². The molecule has 0 fully saturated rings. The van der Waals surface area contributed by atoms with E-state index >= 15 is 0 Å². The fraction of sp³-hybridized carbons (Fsp3) is 0.125. The van der Waals surface area contributed by atoms with E-state index in [1.165, 1.54) is 13.2 Å². The molecule has 1 rings (SSSR count). The molecule has 1 aromatic rings. The van der Waals surface area contributed by atoms with Gasteiger partial charge in [0.15, 0.2) is 5.75 Å². The van der Waals surface area contributed by atoms with Gasteiger partial charge in [0, 0.05) is 11.6 Å². The number of nitro groups is 1. The molecule has 0 heterocycles. The molecule has 1 radical (unpaired) electrons. The van der Waals surface area contributed by atoms with Crippen molar-refractivity contribution >= 4 is 5.69 Å². The molecule has 0 saturated carbocycles. The Kier molecular flexibility index (Phi) is 2.28. The molecule has 0 aliphatic rings. The number of hydrogen-bond donors (Lipinski definition) is 0. The second kappa shape index (κ2) is 3.21. The maximum Gasteiger partial charge on any atom is 0.311 e. The van der Waals surface area contributed by atoms with Crippen molar-refractivity contribution in [2.45, 2.75) is 0 Å². The van der Waals surface area contributed by atoms with Crippen LogP contribution in [0, 0.1) is 17.0 Å². The van der Waals surface area contributed by atoms with Gasteiger partial charge in [0.25, 0.3) is 0 Å². The lowest BCUT2D eigenvalue weighted by Crippen LogP contribution is -1.94. The van der Waals surface area contributed by atoms with E-state index < -0.39 is 4.92 Å². The fourth-order valence-electron chi connectivity index (χ4n) is 0.951. The molecule has 4 heteroatoms. The van der Waals surface area contributed by atoms with Crippen LogP contribution in [-0.2, 0) is 0 Å². The molecule has 0 unspecified atom stereocenters. The minimum absolute atomic E-state index is 0.0509. The number of benzene rings is 1. The highest BCUT2D eigenvalue weighted by Crippen LogP contribution is 2.29. The maximum atomic E-state index is 10.4. The van der Waals surface area contributed by atoms with Crippen LogP contribution in [0.4, 0.5) is 5.69 Å². The summed E-state index contributed by atoms with van der Waals surface area (Å²) in [4.78, 5) is 9.94. The van der Waals surface area contributed by atoms with Crippen LogP contribution >= 0.6 is 0 Å². The molecule has 0 aliphatic heterocycles. The van der Waals surface area contributed by atoms with Crippen molar-refractivity contribution < 1.29 is 9.66 Å². The van der Waals surface area contributed by atoms with E-state index in [9.17, 15) is 10.1 Å². The first-order valence-electron chi connectivity index (χ1n) is 3.30. The topological polar surface area (TPSA) is 52.4 Å². The van der Waals surface area contributed by atoms with Gasteiger partial charge >= 0.3 is 5.69 Å². The van der Waals surface area contributed by atoms with Gasteiger partial charge in [-0.1, -0.05) is 12.1 Å². The van der Waals surface area contributed by atoms with E-state index in [-0.39, 0.29) is 11.4 Å². The molecule has 4 nitrogen and oxygen atoms in total. The molecule has 63 valence electrons. The highest BCUT2D eigenvalue weighted by molar-refractivity contribution is 5.52. The van der Waals surface area contributed by atoms with E-state index in [1.807, 2.05) is 0 Å². The molecule has 0 amide bonds. The van der Waals surface area contributed by atoms with Crippen molar-refractivity contribution in [3.05, 3.63) is 40.8 Å². The quantitative estimate of drug-likeness (QED) is 0.497. The zero-order valence-corrected chi connectivity index (χ0v) is 6.61. The second-order valence-electron chi connectivity index (χ2n) is 2.23. The Morgan fingerprint density at radius 3 is 2.67 bits per heavy atom. The van der Waals surface area contributed by atoms with Crippen LogP contribution in [0.1, 0.15) is 5.56 Å². The molecule has 0 spiro atoms. The lowest BCUT2D eigenvalue weighted by Gasteiger charge is -2.03. The van der Waals surface area contributed by atoms with E-state index in [2.05, 4.69) is 6.92 Å². The number of para-hydroxylation sites is 1. The first-order chi connectivity index (χ1) is 5.66. The van der Waals surface area contributed by atoms with E-state index in [0.717, 1.165) is 0 Å². The second-order valence-corrected chi connectivity index (χ2v) is 2.23. The summed E-state index contributed by atoms with van der Waals surface area (Å²) in [5, 5.41) is 10.4. The van der Waals surface area contributed by atoms with Crippen molar-refractivity contribution in [2.75, 3.05) is 7.11 Å². The highest BCUT2D eigenvalue weighted by atomic mass is 16.6. The van der Waals surface area contributed by atoms with E-state index in [0.29, 0.717) is 5.56 Å². The first kappa shape index (κ1) is 8.52. The van der Waals surface area contributed by atoms with E-state index in [4.69, 9.17) is 4.74 Å². The minimum atomic E-state index is -0.493. The Morgan fingerprint density at radius 1 is 1.58 bits per heavy atom. The number of nitrogens with zero attached hydrogens (tertiary/aromatic N) is 1. The smallest absolute Gasteiger partial charge is 0.311 e.